The van der Waals surface area contributed by atoms with Crippen molar-refractivity contribution in [2.24, 2.45) is 5.92 Å². The first-order chi connectivity index (χ1) is 18.5. The van der Waals surface area contributed by atoms with E-state index in [1.54, 1.807) is 42.5 Å². The van der Waals surface area contributed by atoms with Gasteiger partial charge < -0.3 is 10.2 Å². The quantitative estimate of drug-likeness (QED) is 0.315. The molecular formula is C30H36ClN3O4S. The first-order valence-corrected chi connectivity index (χ1v) is 14.8. The van der Waals surface area contributed by atoms with Crippen molar-refractivity contribution in [2.45, 2.75) is 51.6 Å². The average molecular weight is 570 g/mol. The zero-order valence-electron chi connectivity index (χ0n) is 22.8. The largest absolute Gasteiger partial charge is 0.354 e. The van der Waals surface area contributed by atoms with Crippen LogP contribution in [0, 0.1) is 12.8 Å². The van der Waals surface area contributed by atoms with Crippen LogP contribution in [-0.2, 0) is 26.2 Å². The number of benzene rings is 3. The first kappa shape index (κ1) is 30.2. The van der Waals surface area contributed by atoms with Crippen LogP contribution in [0.5, 0.6) is 0 Å². The Morgan fingerprint density at radius 2 is 1.54 bits per heavy atom. The van der Waals surface area contributed by atoms with E-state index < -0.39 is 28.5 Å². The molecular weight excluding hydrogens is 534 g/mol. The number of halogens is 1. The maximum Gasteiger partial charge on any atom is 0.264 e. The molecule has 208 valence electrons. The van der Waals surface area contributed by atoms with Crippen LogP contribution in [0.1, 0.15) is 38.3 Å². The molecule has 0 aromatic heterocycles. The fraction of sp³-hybridized carbons (Fsp3) is 0.333. The number of nitrogens with one attached hydrogen (secondary N) is 1. The number of hydrogen-bond donors (Lipinski definition) is 1. The second-order valence-electron chi connectivity index (χ2n) is 9.85. The lowest BCUT2D eigenvalue weighted by molar-refractivity contribution is -0.140. The molecule has 0 radical (unpaired) electrons. The second kappa shape index (κ2) is 13.6. The van der Waals surface area contributed by atoms with Crippen molar-refractivity contribution in [3.8, 4) is 0 Å². The number of nitrogens with zero attached hydrogens (tertiary/aromatic N) is 2. The highest BCUT2D eigenvalue weighted by Gasteiger charge is 2.34. The Labute approximate surface area is 236 Å². The smallest absolute Gasteiger partial charge is 0.264 e. The third kappa shape index (κ3) is 7.83. The Hall–Kier alpha value is -3.36. The molecule has 3 rings (SSSR count). The van der Waals surface area contributed by atoms with Crippen molar-refractivity contribution in [3.63, 3.8) is 0 Å². The minimum atomic E-state index is -4.16. The van der Waals surface area contributed by atoms with Crippen molar-refractivity contribution in [3.05, 3.63) is 95.0 Å². The standard InChI is InChI=1S/C30H36ClN3O4S/c1-5-27(30(36)32-19-22(2)3)33(20-24-17-15-23(4)16-18-24)29(35)21-34(28-14-10-9-13-26(28)31)39(37,38)25-11-7-6-8-12-25/h6-18,22,27H,5,19-21H2,1-4H3,(H,32,36)/t27-/m0/s1. The normalized spacial score (nSPS) is 12.2. The van der Waals surface area contributed by atoms with Gasteiger partial charge in [0.05, 0.1) is 15.6 Å². The van der Waals surface area contributed by atoms with E-state index >= 15 is 0 Å². The molecule has 0 saturated carbocycles. The van der Waals surface area contributed by atoms with E-state index in [1.807, 2.05) is 52.0 Å². The topological polar surface area (TPSA) is 86.8 Å². The first-order valence-electron chi connectivity index (χ1n) is 13.0. The molecule has 2 amide bonds. The van der Waals surface area contributed by atoms with Crippen molar-refractivity contribution in [2.75, 3.05) is 17.4 Å². The van der Waals surface area contributed by atoms with Gasteiger partial charge in [-0.1, -0.05) is 92.5 Å². The third-order valence-corrected chi connectivity index (χ3v) is 8.37. The van der Waals surface area contributed by atoms with Gasteiger partial charge in [-0.15, -0.1) is 0 Å². The average Bonchev–Trinajstić information content (AvgIpc) is 2.92. The molecule has 0 bridgehead atoms. The summed E-state index contributed by atoms with van der Waals surface area (Å²) in [4.78, 5) is 28.8. The van der Waals surface area contributed by atoms with E-state index in [0.717, 1.165) is 15.4 Å². The Bertz CT molecular complexity index is 1360. The highest BCUT2D eigenvalue weighted by molar-refractivity contribution is 7.92. The van der Waals surface area contributed by atoms with Gasteiger partial charge >= 0.3 is 0 Å². The van der Waals surface area contributed by atoms with Gasteiger partial charge in [0.2, 0.25) is 11.8 Å². The lowest BCUT2D eigenvalue weighted by Gasteiger charge is -2.33. The number of rotatable bonds is 12. The van der Waals surface area contributed by atoms with Crippen LogP contribution in [0.3, 0.4) is 0 Å². The summed E-state index contributed by atoms with van der Waals surface area (Å²) in [7, 11) is -4.16. The number of carbonyl (C=O) groups is 2. The van der Waals surface area contributed by atoms with Gasteiger partial charge in [0.1, 0.15) is 12.6 Å². The summed E-state index contributed by atoms with van der Waals surface area (Å²) in [5.41, 5.74) is 2.08. The Balaban J connectivity index is 2.04. The van der Waals surface area contributed by atoms with Crippen LogP contribution in [0.2, 0.25) is 5.02 Å². The van der Waals surface area contributed by atoms with Gasteiger partial charge in [0, 0.05) is 13.1 Å². The van der Waals surface area contributed by atoms with E-state index in [4.69, 9.17) is 11.6 Å². The number of sulfonamides is 1. The van der Waals surface area contributed by atoms with E-state index in [9.17, 15) is 18.0 Å². The van der Waals surface area contributed by atoms with Gasteiger partial charge in [-0.2, -0.15) is 0 Å². The Morgan fingerprint density at radius 3 is 2.13 bits per heavy atom. The zero-order chi connectivity index (χ0) is 28.6. The molecule has 0 aliphatic heterocycles. The molecule has 1 atom stereocenters. The van der Waals surface area contributed by atoms with E-state index in [1.165, 1.54) is 17.0 Å². The highest BCUT2D eigenvalue weighted by Crippen LogP contribution is 2.30. The predicted octanol–water partition coefficient (Wildman–Crippen LogP) is 5.42. The summed E-state index contributed by atoms with van der Waals surface area (Å²) < 4.78 is 28.6. The third-order valence-electron chi connectivity index (χ3n) is 6.28. The number of anilines is 1. The zero-order valence-corrected chi connectivity index (χ0v) is 24.4. The van der Waals surface area contributed by atoms with Crippen molar-refractivity contribution in [1.82, 2.24) is 10.2 Å². The van der Waals surface area contributed by atoms with Crippen LogP contribution in [0.15, 0.2) is 83.8 Å². The highest BCUT2D eigenvalue weighted by atomic mass is 35.5. The molecule has 0 aliphatic rings. The van der Waals surface area contributed by atoms with Crippen LogP contribution in [-0.4, -0.2) is 44.3 Å². The SMILES string of the molecule is CC[C@@H](C(=O)NCC(C)C)N(Cc1ccc(C)cc1)C(=O)CN(c1ccccc1Cl)S(=O)(=O)c1ccccc1. The molecule has 0 aliphatic carbocycles. The monoisotopic (exact) mass is 569 g/mol. The van der Waals surface area contributed by atoms with E-state index in [-0.39, 0.29) is 34.0 Å². The minimum absolute atomic E-state index is 0.0320. The number of amides is 2. The maximum absolute atomic E-state index is 14.0. The van der Waals surface area contributed by atoms with E-state index in [2.05, 4.69) is 5.32 Å². The number of carbonyl (C=O) groups excluding carboxylic acids is 2. The van der Waals surface area contributed by atoms with Gasteiger partial charge in [0.25, 0.3) is 10.0 Å². The second-order valence-corrected chi connectivity index (χ2v) is 12.1. The van der Waals surface area contributed by atoms with Gasteiger partial charge in [0.15, 0.2) is 0 Å². The minimum Gasteiger partial charge on any atom is -0.354 e. The van der Waals surface area contributed by atoms with Crippen molar-refractivity contribution in [1.29, 1.82) is 0 Å². The van der Waals surface area contributed by atoms with Crippen LogP contribution >= 0.6 is 11.6 Å². The summed E-state index contributed by atoms with van der Waals surface area (Å²) in [6.07, 6.45) is 0.360. The molecule has 3 aromatic rings. The van der Waals surface area contributed by atoms with Gasteiger partial charge in [-0.05, 0) is 49.1 Å². The van der Waals surface area contributed by atoms with Crippen LogP contribution < -0.4 is 9.62 Å². The van der Waals surface area contributed by atoms with Crippen LogP contribution in [0.4, 0.5) is 5.69 Å². The summed E-state index contributed by atoms with van der Waals surface area (Å²) in [6.45, 7) is 7.88. The molecule has 7 nitrogen and oxygen atoms in total. The summed E-state index contributed by atoms with van der Waals surface area (Å²) in [6, 6.07) is 21.3. The Kier molecular flexibility index (Phi) is 10.5. The van der Waals surface area contributed by atoms with Gasteiger partial charge in [-0.3, -0.25) is 13.9 Å². The molecule has 0 heterocycles. The maximum atomic E-state index is 14.0. The molecule has 0 unspecified atom stereocenters. The number of aryl methyl sites for hydroxylation is 1. The van der Waals surface area contributed by atoms with Crippen molar-refractivity contribution >= 4 is 39.1 Å². The number of para-hydroxylation sites is 1. The summed E-state index contributed by atoms with van der Waals surface area (Å²) >= 11 is 6.44. The lowest BCUT2D eigenvalue weighted by atomic mass is 10.1. The molecule has 1 N–H and O–H groups in total. The molecule has 0 spiro atoms. The molecule has 39 heavy (non-hydrogen) atoms. The number of hydrogen-bond acceptors (Lipinski definition) is 4. The molecule has 0 saturated heterocycles. The Morgan fingerprint density at radius 1 is 0.923 bits per heavy atom. The van der Waals surface area contributed by atoms with Crippen molar-refractivity contribution < 1.29 is 18.0 Å². The van der Waals surface area contributed by atoms with E-state index in [0.29, 0.717) is 13.0 Å². The molecule has 3 aromatic carbocycles. The van der Waals surface area contributed by atoms with Gasteiger partial charge in [-0.25, -0.2) is 8.42 Å². The lowest BCUT2D eigenvalue weighted by Crippen LogP contribution is -2.52. The predicted molar refractivity (Wildman–Crippen MR) is 156 cm³/mol. The summed E-state index contributed by atoms with van der Waals surface area (Å²) in [5.74, 6) is -0.553. The molecule has 0 fully saturated rings. The fourth-order valence-electron chi connectivity index (χ4n) is 4.12. The molecule has 9 heteroatoms. The fourth-order valence-corrected chi connectivity index (χ4v) is 5.86. The summed E-state index contributed by atoms with van der Waals surface area (Å²) in [5, 5.41) is 3.12. The van der Waals surface area contributed by atoms with Crippen LogP contribution in [0.25, 0.3) is 0 Å².